The Labute approximate surface area is 256 Å². The maximum Gasteiger partial charge on any atom is 0.138 e. The van der Waals surface area contributed by atoms with Crippen LogP contribution in [0.25, 0.3) is 98.9 Å². The van der Waals surface area contributed by atoms with Gasteiger partial charge in [-0.1, -0.05) is 91.0 Å². The van der Waals surface area contributed by atoms with E-state index in [9.17, 15) is 0 Å². The maximum atomic E-state index is 6.41. The van der Waals surface area contributed by atoms with Crippen LogP contribution in [0.4, 0.5) is 0 Å². The Balaban J connectivity index is 1.31. The lowest BCUT2D eigenvalue weighted by Crippen LogP contribution is -1.94. The highest BCUT2D eigenvalue weighted by molar-refractivity contribution is 6.29. The summed E-state index contributed by atoms with van der Waals surface area (Å²) < 4.78 is 11.2. The summed E-state index contributed by atoms with van der Waals surface area (Å²) in [6.07, 6.45) is 0. The summed E-state index contributed by atoms with van der Waals surface area (Å²) in [4.78, 5) is 5.08. The molecular weight excluding hydrogens is 550 g/mol. The molecule has 0 N–H and O–H groups in total. The van der Waals surface area contributed by atoms with Gasteiger partial charge in [-0.2, -0.15) is 0 Å². The molecule has 11 aromatic rings. The first-order valence-corrected chi connectivity index (χ1v) is 15.3. The lowest BCUT2D eigenvalue weighted by Gasteiger charge is -2.10. The number of imidazole rings is 1. The van der Waals surface area contributed by atoms with E-state index in [2.05, 4.69) is 142 Å². The second-order valence-corrected chi connectivity index (χ2v) is 12.0. The van der Waals surface area contributed by atoms with Gasteiger partial charge in [0.1, 0.15) is 16.8 Å². The van der Waals surface area contributed by atoms with Crippen LogP contribution in [-0.2, 0) is 0 Å². The van der Waals surface area contributed by atoms with Crippen LogP contribution < -0.4 is 0 Å². The van der Waals surface area contributed by atoms with E-state index < -0.39 is 0 Å². The molecule has 45 heavy (non-hydrogen) atoms. The molecule has 0 bridgehead atoms. The third-order valence-electron chi connectivity index (χ3n) is 9.64. The number of fused-ring (bicyclic) bond motifs is 12. The molecule has 0 amide bonds. The van der Waals surface area contributed by atoms with Crippen molar-refractivity contribution in [2.24, 2.45) is 0 Å². The molecule has 0 saturated carbocycles. The molecule has 5 heterocycles. The van der Waals surface area contributed by atoms with Gasteiger partial charge in [-0.25, -0.2) is 4.98 Å². The minimum absolute atomic E-state index is 0.900. The number of pyridine rings is 1. The van der Waals surface area contributed by atoms with Gasteiger partial charge in [0.05, 0.1) is 33.1 Å². The third-order valence-corrected chi connectivity index (χ3v) is 9.64. The van der Waals surface area contributed by atoms with Crippen LogP contribution in [0.3, 0.4) is 0 Å². The Morgan fingerprint density at radius 3 is 2.24 bits per heavy atom. The predicted molar refractivity (Wildman–Crippen MR) is 186 cm³/mol. The summed E-state index contributed by atoms with van der Waals surface area (Å²) in [6.45, 7) is 0. The van der Waals surface area contributed by atoms with Crippen LogP contribution >= 0.6 is 0 Å². The second kappa shape index (κ2) is 8.28. The van der Waals surface area contributed by atoms with Crippen molar-refractivity contribution in [1.82, 2.24) is 14.0 Å². The number of benzene rings is 6. The molecule has 0 unspecified atom stereocenters. The van der Waals surface area contributed by atoms with E-state index >= 15 is 0 Å². The first-order valence-electron chi connectivity index (χ1n) is 15.3. The molecule has 208 valence electrons. The number of nitrogens with zero attached hydrogens (tertiary/aromatic N) is 3. The predicted octanol–water partition coefficient (Wildman–Crippen LogP) is 10.9. The molecule has 0 saturated heterocycles. The van der Waals surface area contributed by atoms with Gasteiger partial charge in [0.15, 0.2) is 0 Å². The van der Waals surface area contributed by atoms with Gasteiger partial charge in [0.2, 0.25) is 0 Å². The largest absolute Gasteiger partial charge is 0.456 e. The van der Waals surface area contributed by atoms with Crippen LogP contribution in [0, 0.1) is 0 Å². The Hall–Kier alpha value is -6.13. The molecule has 4 heteroatoms. The Kier molecular flexibility index (Phi) is 4.29. The Bertz CT molecular complexity index is 2970. The fourth-order valence-electron chi connectivity index (χ4n) is 7.79. The molecule has 0 spiro atoms. The summed E-state index contributed by atoms with van der Waals surface area (Å²) >= 11 is 0. The first-order chi connectivity index (χ1) is 22.3. The van der Waals surface area contributed by atoms with Crippen LogP contribution in [0.2, 0.25) is 0 Å². The zero-order valence-corrected chi connectivity index (χ0v) is 24.0. The average molecular weight is 574 g/mol. The number of furan rings is 1. The minimum atomic E-state index is 0.900. The van der Waals surface area contributed by atoms with E-state index in [0.29, 0.717) is 0 Å². The summed E-state index contributed by atoms with van der Waals surface area (Å²) in [7, 11) is 0. The third kappa shape index (κ3) is 2.93. The van der Waals surface area contributed by atoms with Crippen LogP contribution in [0.5, 0.6) is 0 Å². The van der Waals surface area contributed by atoms with Gasteiger partial charge >= 0.3 is 0 Å². The van der Waals surface area contributed by atoms with Gasteiger partial charge in [-0.15, -0.1) is 0 Å². The summed E-state index contributed by atoms with van der Waals surface area (Å²) in [5.74, 6) is 0. The number of aromatic nitrogens is 3. The minimum Gasteiger partial charge on any atom is -0.456 e. The first kappa shape index (κ1) is 23.3. The van der Waals surface area contributed by atoms with E-state index in [4.69, 9.17) is 9.40 Å². The molecule has 11 rings (SSSR count). The monoisotopic (exact) mass is 573 g/mol. The lowest BCUT2D eigenvalue weighted by atomic mass is 10.0. The van der Waals surface area contributed by atoms with Crippen molar-refractivity contribution in [3.63, 3.8) is 0 Å². The standard InChI is InChI=1S/C41H23N3O/c1-2-10-25(11-3-1)39-41-28-19-18-26(23-31(28)32-14-8-16-36(42-39)44(32)41)43-33-21-17-24-9-4-5-12-27(24)37(33)30-20-22-35-38(40(30)43)29-13-6-7-15-34(29)45-35/h1-23H. The summed E-state index contributed by atoms with van der Waals surface area (Å²) in [5.41, 5.74) is 10.7. The topological polar surface area (TPSA) is 35.4 Å². The van der Waals surface area contributed by atoms with Crippen molar-refractivity contribution in [1.29, 1.82) is 0 Å². The van der Waals surface area contributed by atoms with Gasteiger partial charge < -0.3 is 8.98 Å². The van der Waals surface area contributed by atoms with E-state index in [-0.39, 0.29) is 0 Å². The molecule has 0 atom stereocenters. The molecule has 0 aliphatic rings. The zero-order valence-electron chi connectivity index (χ0n) is 24.0. The van der Waals surface area contributed by atoms with Crippen LogP contribution in [0.1, 0.15) is 0 Å². The van der Waals surface area contributed by atoms with E-state index in [1.165, 1.54) is 48.9 Å². The molecule has 6 aromatic carbocycles. The van der Waals surface area contributed by atoms with Gasteiger partial charge in [-0.05, 0) is 59.3 Å². The van der Waals surface area contributed by atoms with Crippen molar-refractivity contribution >= 4 is 82.0 Å². The van der Waals surface area contributed by atoms with Gasteiger partial charge in [0.25, 0.3) is 0 Å². The zero-order chi connectivity index (χ0) is 29.2. The average Bonchev–Trinajstić information content (AvgIpc) is 3.85. The van der Waals surface area contributed by atoms with Gasteiger partial charge in [-0.3, -0.25) is 4.40 Å². The fourth-order valence-corrected chi connectivity index (χ4v) is 7.79. The molecule has 5 aromatic heterocycles. The summed E-state index contributed by atoms with van der Waals surface area (Å²) in [5, 5.41) is 9.68. The molecule has 0 aliphatic heterocycles. The quantitative estimate of drug-likeness (QED) is 0.206. The van der Waals surface area contributed by atoms with Crippen LogP contribution in [-0.4, -0.2) is 14.0 Å². The van der Waals surface area contributed by atoms with E-state index in [1.807, 2.05) is 6.07 Å². The molecule has 0 fully saturated rings. The number of para-hydroxylation sites is 1. The van der Waals surface area contributed by atoms with Crippen molar-refractivity contribution in [3.8, 4) is 16.9 Å². The lowest BCUT2D eigenvalue weighted by molar-refractivity contribution is 0.669. The van der Waals surface area contributed by atoms with Gasteiger partial charge in [0, 0.05) is 38.2 Å². The Morgan fingerprint density at radius 1 is 0.489 bits per heavy atom. The smallest absolute Gasteiger partial charge is 0.138 e. The highest BCUT2D eigenvalue weighted by Crippen LogP contribution is 2.44. The molecule has 4 nitrogen and oxygen atoms in total. The fraction of sp³-hybridized carbons (Fsp3) is 0. The van der Waals surface area contributed by atoms with E-state index in [0.717, 1.165) is 50.0 Å². The molecule has 0 aliphatic carbocycles. The molecular formula is C41H23N3O. The summed E-state index contributed by atoms with van der Waals surface area (Å²) in [6, 6.07) is 49.8. The number of rotatable bonds is 2. The van der Waals surface area contributed by atoms with Crippen molar-refractivity contribution in [2.45, 2.75) is 0 Å². The SMILES string of the molecule is c1ccc(-c2nc3cccc4c5cc(-n6c7ccc8ccccc8c7c7ccc8oc9ccccc9c8c76)ccc5c2n34)cc1. The molecule has 0 radical (unpaired) electrons. The maximum absolute atomic E-state index is 6.41. The number of hydrogen-bond donors (Lipinski definition) is 0. The second-order valence-electron chi connectivity index (χ2n) is 12.0. The van der Waals surface area contributed by atoms with Crippen molar-refractivity contribution < 1.29 is 4.42 Å². The van der Waals surface area contributed by atoms with E-state index in [1.54, 1.807) is 0 Å². The highest BCUT2D eigenvalue weighted by Gasteiger charge is 2.23. The van der Waals surface area contributed by atoms with Crippen molar-refractivity contribution in [3.05, 3.63) is 140 Å². The normalized spacial score (nSPS) is 12.4. The highest BCUT2D eigenvalue weighted by atomic mass is 16.3. The van der Waals surface area contributed by atoms with Crippen LogP contribution in [0.15, 0.2) is 144 Å². The van der Waals surface area contributed by atoms with Crippen molar-refractivity contribution in [2.75, 3.05) is 0 Å². The number of hydrogen-bond acceptors (Lipinski definition) is 2. The Morgan fingerprint density at radius 2 is 1.31 bits per heavy atom.